The Morgan fingerprint density at radius 3 is 2.80 bits per heavy atom. The van der Waals surface area contributed by atoms with E-state index in [9.17, 15) is 14.4 Å². The van der Waals surface area contributed by atoms with Crippen molar-refractivity contribution in [1.82, 2.24) is 20.2 Å². The van der Waals surface area contributed by atoms with Gasteiger partial charge in [-0.2, -0.15) is 0 Å². The van der Waals surface area contributed by atoms with E-state index in [-0.39, 0.29) is 17.9 Å². The van der Waals surface area contributed by atoms with Crippen LogP contribution in [0.25, 0.3) is 16.6 Å². The summed E-state index contributed by atoms with van der Waals surface area (Å²) in [5.74, 6) is -0.0303. The maximum atomic E-state index is 13.2. The van der Waals surface area contributed by atoms with Gasteiger partial charge in [0.2, 0.25) is 5.91 Å². The average molecular weight is 424 g/mol. The molecule has 0 bridgehead atoms. The molecule has 154 valence electrons. The molecule has 0 saturated carbocycles. The second-order valence-corrected chi connectivity index (χ2v) is 7.03. The van der Waals surface area contributed by atoms with Gasteiger partial charge in [-0.3, -0.25) is 19.5 Å². The molecule has 1 heterocycles. The predicted octanol–water partition coefficient (Wildman–Crippen LogP) is 2.50. The van der Waals surface area contributed by atoms with Crippen molar-refractivity contribution in [2.24, 2.45) is 0 Å². The fraction of sp³-hybridized carbons (Fsp3) is 0.143. The number of thioether (sulfide) groups is 1. The van der Waals surface area contributed by atoms with Gasteiger partial charge in [0.15, 0.2) is 5.16 Å². The zero-order valence-electron chi connectivity index (χ0n) is 16.3. The number of rotatable bonds is 7. The summed E-state index contributed by atoms with van der Waals surface area (Å²) in [6, 6.07) is 13.4. The number of methoxy groups -OCH3 is 1. The fourth-order valence-electron chi connectivity index (χ4n) is 2.69. The van der Waals surface area contributed by atoms with Gasteiger partial charge in [0.1, 0.15) is 5.75 Å². The molecule has 0 unspecified atom stereocenters. The summed E-state index contributed by atoms with van der Waals surface area (Å²) >= 11 is 1.06. The molecule has 0 aliphatic rings. The molecule has 0 atom stereocenters. The first-order chi connectivity index (χ1) is 14.5. The summed E-state index contributed by atoms with van der Waals surface area (Å²) in [5.41, 5.74) is 0.818. The number of nitrogens with zero attached hydrogens (tertiary/aromatic N) is 2. The minimum absolute atomic E-state index is 0.101. The van der Waals surface area contributed by atoms with E-state index in [1.165, 1.54) is 17.8 Å². The van der Waals surface area contributed by atoms with E-state index in [2.05, 4.69) is 22.2 Å². The van der Waals surface area contributed by atoms with Crippen molar-refractivity contribution < 1.29 is 14.3 Å². The number of fused-ring (bicyclic) bond motifs is 1. The van der Waals surface area contributed by atoms with Crippen LogP contribution in [0, 0.1) is 0 Å². The van der Waals surface area contributed by atoms with Crippen LogP contribution in [0.2, 0.25) is 0 Å². The Morgan fingerprint density at radius 2 is 2.03 bits per heavy atom. The molecule has 0 fully saturated rings. The second kappa shape index (κ2) is 9.75. The van der Waals surface area contributed by atoms with Gasteiger partial charge in [-0.05, 0) is 24.3 Å². The number of urea groups is 1. The van der Waals surface area contributed by atoms with Gasteiger partial charge in [0.05, 0.1) is 29.5 Å². The van der Waals surface area contributed by atoms with Crippen molar-refractivity contribution in [3.05, 3.63) is 71.5 Å². The van der Waals surface area contributed by atoms with Gasteiger partial charge >= 0.3 is 6.03 Å². The van der Waals surface area contributed by atoms with Crippen molar-refractivity contribution in [2.75, 3.05) is 19.4 Å². The molecule has 0 radical (unpaired) electrons. The predicted molar refractivity (Wildman–Crippen MR) is 116 cm³/mol. The Hall–Kier alpha value is -3.59. The number of hydrogen-bond acceptors (Lipinski definition) is 6. The number of amides is 3. The summed E-state index contributed by atoms with van der Waals surface area (Å²) in [6.07, 6.45) is 1.50. The Kier molecular flexibility index (Phi) is 6.87. The van der Waals surface area contributed by atoms with Crippen molar-refractivity contribution >= 4 is 34.6 Å². The highest BCUT2D eigenvalue weighted by atomic mass is 32.2. The molecule has 8 nitrogen and oxygen atoms in total. The van der Waals surface area contributed by atoms with Crippen LogP contribution in [0.15, 0.2) is 71.1 Å². The first-order valence-electron chi connectivity index (χ1n) is 9.01. The van der Waals surface area contributed by atoms with Crippen LogP contribution in [-0.2, 0) is 4.79 Å². The topological polar surface area (TPSA) is 102 Å². The lowest BCUT2D eigenvalue weighted by Gasteiger charge is -2.14. The molecule has 3 rings (SSSR count). The molecule has 0 spiro atoms. The SMILES string of the molecule is C=CCNC(=O)NC(=O)CSc1nc2ccccc2c(=O)n1-c1cccc(OC)c1. The molecule has 2 aromatic carbocycles. The maximum Gasteiger partial charge on any atom is 0.321 e. The number of para-hydroxylation sites is 1. The third kappa shape index (κ3) is 4.87. The van der Waals surface area contributed by atoms with Crippen LogP contribution < -0.4 is 20.9 Å². The quantitative estimate of drug-likeness (QED) is 0.343. The van der Waals surface area contributed by atoms with Crippen molar-refractivity contribution in [3.63, 3.8) is 0 Å². The summed E-state index contributed by atoms with van der Waals surface area (Å²) in [4.78, 5) is 41.5. The highest BCUT2D eigenvalue weighted by Crippen LogP contribution is 2.23. The van der Waals surface area contributed by atoms with Crippen LogP contribution in [0.3, 0.4) is 0 Å². The number of carbonyl (C=O) groups excluding carboxylic acids is 2. The maximum absolute atomic E-state index is 13.2. The first kappa shape index (κ1) is 21.1. The highest BCUT2D eigenvalue weighted by Gasteiger charge is 2.16. The van der Waals surface area contributed by atoms with E-state index < -0.39 is 11.9 Å². The number of ether oxygens (including phenoxy) is 1. The van der Waals surface area contributed by atoms with E-state index in [1.54, 1.807) is 48.5 Å². The molecule has 1 aromatic heterocycles. The molecule has 3 aromatic rings. The van der Waals surface area contributed by atoms with Gasteiger partial charge in [-0.1, -0.05) is 36.0 Å². The Balaban J connectivity index is 1.94. The van der Waals surface area contributed by atoms with Gasteiger partial charge < -0.3 is 10.1 Å². The Morgan fingerprint density at radius 1 is 1.23 bits per heavy atom. The molecule has 30 heavy (non-hydrogen) atoms. The van der Waals surface area contributed by atoms with Crippen LogP contribution in [-0.4, -0.2) is 40.9 Å². The van der Waals surface area contributed by atoms with Crippen LogP contribution in [0.5, 0.6) is 5.75 Å². The van der Waals surface area contributed by atoms with Crippen molar-refractivity contribution in [2.45, 2.75) is 5.16 Å². The summed E-state index contributed by atoms with van der Waals surface area (Å²) in [5, 5.41) is 5.47. The number of benzene rings is 2. The van der Waals surface area contributed by atoms with E-state index in [0.29, 0.717) is 27.5 Å². The number of hydrogen-bond donors (Lipinski definition) is 2. The van der Waals surface area contributed by atoms with Crippen LogP contribution in [0.1, 0.15) is 0 Å². The summed E-state index contributed by atoms with van der Waals surface area (Å²) in [7, 11) is 1.54. The second-order valence-electron chi connectivity index (χ2n) is 6.09. The summed E-state index contributed by atoms with van der Waals surface area (Å²) in [6.45, 7) is 3.73. The molecular weight excluding hydrogens is 404 g/mol. The minimum atomic E-state index is -0.614. The lowest BCUT2D eigenvalue weighted by molar-refractivity contribution is -0.117. The molecule has 9 heteroatoms. The molecular formula is C21H20N4O4S. The van der Waals surface area contributed by atoms with Gasteiger partial charge in [-0.15, -0.1) is 6.58 Å². The van der Waals surface area contributed by atoms with E-state index >= 15 is 0 Å². The zero-order valence-corrected chi connectivity index (χ0v) is 17.1. The van der Waals surface area contributed by atoms with Gasteiger partial charge in [0, 0.05) is 12.6 Å². The smallest absolute Gasteiger partial charge is 0.321 e. The average Bonchev–Trinajstić information content (AvgIpc) is 2.76. The van der Waals surface area contributed by atoms with Gasteiger partial charge in [0.25, 0.3) is 5.56 Å². The zero-order chi connectivity index (χ0) is 21.5. The third-order valence-electron chi connectivity index (χ3n) is 4.05. The Labute approximate surface area is 177 Å². The molecule has 2 N–H and O–H groups in total. The molecule has 3 amide bonds. The van der Waals surface area contributed by atoms with Crippen LogP contribution >= 0.6 is 11.8 Å². The number of nitrogens with one attached hydrogen (secondary N) is 2. The standard InChI is InChI=1S/C21H20N4O4S/c1-3-11-22-20(28)24-18(26)13-30-21-23-17-10-5-4-9-16(17)19(27)25(21)14-7-6-8-15(12-14)29-2/h3-10,12H,1,11,13H2,2H3,(H2,22,24,26,28). The lowest BCUT2D eigenvalue weighted by Crippen LogP contribution is -2.40. The molecule has 0 aliphatic heterocycles. The molecule has 0 saturated heterocycles. The normalized spacial score (nSPS) is 10.4. The summed E-state index contributed by atoms with van der Waals surface area (Å²) < 4.78 is 6.69. The first-order valence-corrected chi connectivity index (χ1v) is 9.99. The van der Waals surface area contributed by atoms with Gasteiger partial charge in [-0.25, -0.2) is 9.78 Å². The van der Waals surface area contributed by atoms with E-state index in [1.807, 2.05) is 0 Å². The fourth-order valence-corrected chi connectivity index (χ4v) is 3.50. The minimum Gasteiger partial charge on any atom is -0.497 e. The largest absolute Gasteiger partial charge is 0.497 e. The number of carbonyl (C=O) groups is 2. The van der Waals surface area contributed by atoms with E-state index in [4.69, 9.17) is 4.74 Å². The lowest BCUT2D eigenvalue weighted by atomic mass is 10.2. The monoisotopic (exact) mass is 424 g/mol. The van der Waals surface area contributed by atoms with Crippen molar-refractivity contribution in [3.8, 4) is 11.4 Å². The third-order valence-corrected chi connectivity index (χ3v) is 4.99. The highest BCUT2D eigenvalue weighted by molar-refractivity contribution is 7.99. The Bertz CT molecular complexity index is 1160. The van der Waals surface area contributed by atoms with E-state index in [0.717, 1.165) is 11.8 Å². The molecule has 0 aliphatic carbocycles. The van der Waals surface area contributed by atoms with Crippen molar-refractivity contribution in [1.29, 1.82) is 0 Å². The number of aromatic nitrogens is 2. The number of imide groups is 1. The van der Waals surface area contributed by atoms with Crippen LogP contribution in [0.4, 0.5) is 4.79 Å².